The van der Waals surface area contributed by atoms with Crippen molar-refractivity contribution in [2.24, 2.45) is 0 Å². The summed E-state index contributed by atoms with van der Waals surface area (Å²) in [5.74, 6) is 0.733. The van der Waals surface area contributed by atoms with E-state index in [0.717, 1.165) is 84.6 Å². The molecule has 2 nitrogen and oxygen atoms in total. The predicted molar refractivity (Wildman–Crippen MR) is 160 cm³/mol. The Labute approximate surface area is 237 Å². The summed E-state index contributed by atoms with van der Waals surface area (Å²) in [5.41, 5.74) is 9.43. The zero-order valence-electron chi connectivity index (χ0n) is 22.9. The molecule has 0 saturated heterocycles. The minimum absolute atomic E-state index is 0.646. The first-order valence-electron chi connectivity index (χ1n) is 13.4. The van der Waals surface area contributed by atoms with Crippen molar-refractivity contribution in [1.82, 2.24) is 9.97 Å². The van der Waals surface area contributed by atoms with Gasteiger partial charge in [0.25, 0.3) is 0 Å². The normalized spacial score (nSPS) is 11.7. The van der Waals surface area contributed by atoms with Crippen LogP contribution < -0.4 is 0 Å². The fraction of sp³-hybridized carbons (Fsp3) is 0.111. The highest BCUT2D eigenvalue weighted by molar-refractivity contribution is 6.05. The van der Waals surface area contributed by atoms with Gasteiger partial charge in [-0.25, -0.2) is 9.97 Å². The summed E-state index contributed by atoms with van der Waals surface area (Å²) in [5, 5.41) is 2.27. The Bertz CT molecular complexity index is 1850. The molecule has 202 valence electrons. The van der Waals surface area contributed by atoms with Gasteiger partial charge in [-0.2, -0.15) is 13.2 Å². The van der Waals surface area contributed by atoms with E-state index in [1.807, 2.05) is 57.2 Å². The molecule has 6 rings (SSSR count). The lowest BCUT2D eigenvalue weighted by Crippen LogP contribution is -2.03. The number of hydrogen-bond acceptors (Lipinski definition) is 2. The number of benzene rings is 5. The molecule has 0 fully saturated rings. The lowest BCUT2D eigenvalue weighted by Gasteiger charge is -2.13. The molecule has 6 aromatic rings. The highest BCUT2D eigenvalue weighted by Crippen LogP contribution is 2.37. The van der Waals surface area contributed by atoms with Crippen molar-refractivity contribution < 1.29 is 13.2 Å². The summed E-state index contributed by atoms with van der Waals surface area (Å²) in [6, 6.07) is 34.2. The Balaban J connectivity index is 1.32. The van der Waals surface area contributed by atoms with Crippen LogP contribution in [0.2, 0.25) is 0 Å². The molecule has 0 aliphatic carbocycles. The van der Waals surface area contributed by atoms with E-state index < -0.39 is 11.7 Å². The molecule has 5 aromatic carbocycles. The maximum absolute atomic E-state index is 12.9. The third-order valence-corrected chi connectivity index (χ3v) is 7.75. The van der Waals surface area contributed by atoms with Gasteiger partial charge in [0.2, 0.25) is 0 Å². The van der Waals surface area contributed by atoms with Gasteiger partial charge in [0.1, 0.15) is 0 Å². The number of aryl methyl sites for hydroxylation is 2. The highest BCUT2D eigenvalue weighted by atomic mass is 19.4. The zero-order chi connectivity index (χ0) is 28.7. The molecule has 0 atom stereocenters. The van der Waals surface area contributed by atoms with Gasteiger partial charge < -0.3 is 0 Å². The van der Waals surface area contributed by atoms with E-state index in [1.54, 1.807) is 0 Å². The van der Waals surface area contributed by atoms with Crippen molar-refractivity contribution in [2.45, 2.75) is 26.9 Å². The quantitative estimate of drug-likeness (QED) is 0.221. The summed E-state index contributed by atoms with van der Waals surface area (Å²) in [6.07, 6.45) is -4.34. The molecule has 0 bridgehead atoms. The first-order valence-corrected chi connectivity index (χ1v) is 13.4. The Morgan fingerprint density at radius 1 is 0.463 bits per heavy atom. The van der Waals surface area contributed by atoms with Gasteiger partial charge in [0.15, 0.2) is 5.82 Å². The third-order valence-electron chi connectivity index (χ3n) is 7.75. The van der Waals surface area contributed by atoms with Crippen LogP contribution in [0.3, 0.4) is 0 Å². The summed E-state index contributed by atoms with van der Waals surface area (Å²) >= 11 is 0. The van der Waals surface area contributed by atoms with Crippen LogP contribution in [0.5, 0.6) is 0 Å². The second-order valence-corrected chi connectivity index (χ2v) is 10.3. The molecular formula is C36H27F3N2. The van der Waals surface area contributed by atoms with E-state index in [1.165, 1.54) is 12.1 Å². The van der Waals surface area contributed by atoms with Crippen LogP contribution in [-0.4, -0.2) is 9.97 Å². The molecule has 0 amide bonds. The minimum Gasteiger partial charge on any atom is -0.233 e. The molecule has 0 aliphatic rings. The SMILES string of the molecule is Cc1nc(-c2ccc(-c3ccc(-c4ccc(-c5ccc(C(F)(F)F)cc5)cc4)c4ccccc34)cc2)nc(C)c1C. The number of hydrogen-bond donors (Lipinski definition) is 0. The van der Waals surface area contributed by atoms with Crippen LogP contribution in [0.25, 0.3) is 55.5 Å². The molecule has 1 heterocycles. The van der Waals surface area contributed by atoms with Gasteiger partial charge in [0.05, 0.1) is 5.56 Å². The standard InChI is InChI=1S/C36H27F3N2/c1-22-23(2)40-35(41-24(22)3)29-14-12-28(13-15-29)32-21-20-31(33-6-4-5-7-34(32)33)27-10-8-25(9-11-27)26-16-18-30(19-17-26)36(37,38)39/h4-21H,1-3H3. The maximum atomic E-state index is 12.9. The van der Waals surface area contributed by atoms with Gasteiger partial charge >= 0.3 is 6.18 Å². The third kappa shape index (κ3) is 5.11. The molecule has 0 spiro atoms. The average Bonchev–Trinajstić information content (AvgIpc) is 2.99. The Morgan fingerprint density at radius 3 is 1.29 bits per heavy atom. The number of aromatic nitrogens is 2. The largest absolute Gasteiger partial charge is 0.416 e. The molecule has 1 aromatic heterocycles. The summed E-state index contributed by atoms with van der Waals surface area (Å²) in [6.45, 7) is 6.07. The smallest absolute Gasteiger partial charge is 0.233 e. The Kier molecular flexibility index (Phi) is 6.66. The van der Waals surface area contributed by atoms with Crippen LogP contribution in [-0.2, 0) is 6.18 Å². The van der Waals surface area contributed by atoms with Crippen LogP contribution in [0.4, 0.5) is 13.2 Å². The number of fused-ring (bicyclic) bond motifs is 1. The highest BCUT2D eigenvalue weighted by Gasteiger charge is 2.30. The van der Waals surface area contributed by atoms with Crippen LogP contribution in [0.15, 0.2) is 109 Å². The van der Waals surface area contributed by atoms with Crippen molar-refractivity contribution in [3.8, 4) is 44.8 Å². The molecule has 0 radical (unpaired) electrons. The second-order valence-electron chi connectivity index (χ2n) is 10.3. The number of halogens is 3. The lowest BCUT2D eigenvalue weighted by atomic mass is 9.91. The lowest BCUT2D eigenvalue weighted by molar-refractivity contribution is -0.137. The molecule has 0 unspecified atom stereocenters. The van der Waals surface area contributed by atoms with E-state index in [2.05, 4.69) is 58.5 Å². The van der Waals surface area contributed by atoms with Crippen molar-refractivity contribution in [1.29, 1.82) is 0 Å². The molecular weight excluding hydrogens is 517 g/mol. The molecule has 5 heteroatoms. The van der Waals surface area contributed by atoms with E-state index in [-0.39, 0.29) is 0 Å². The number of rotatable bonds is 4. The summed E-state index contributed by atoms with van der Waals surface area (Å²) in [4.78, 5) is 9.37. The van der Waals surface area contributed by atoms with Crippen molar-refractivity contribution in [2.75, 3.05) is 0 Å². The Morgan fingerprint density at radius 2 is 0.854 bits per heavy atom. The average molecular weight is 545 g/mol. The number of alkyl halides is 3. The summed E-state index contributed by atoms with van der Waals surface area (Å²) in [7, 11) is 0. The van der Waals surface area contributed by atoms with E-state index in [4.69, 9.17) is 0 Å². The predicted octanol–water partition coefficient (Wildman–Crippen LogP) is 10.2. The van der Waals surface area contributed by atoms with Crippen LogP contribution >= 0.6 is 0 Å². The van der Waals surface area contributed by atoms with Crippen LogP contribution in [0.1, 0.15) is 22.5 Å². The first-order chi connectivity index (χ1) is 19.7. The minimum atomic E-state index is -4.34. The molecule has 0 aliphatic heterocycles. The summed E-state index contributed by atoms with van der Waals surface area (Å²) < 4.78 is 38.8. The Hall–Kier alpha value is -4.77. The fourth-order valence-electron chi connectivity index (χ4n) is 5.20. The molecule has 0 saturated carbocycles. The maximum Gasteiger partial charge on any atom is 0.416 e. The van der Waals surface area contributed by atoms with E-state index in [9.17, 15) is 13.2 Å². The fourth-order valence-corrected chi connectivity index (χ4v) is 5.20. The number of nitrogens with zero attached hydrogens (tertiary/aromatic N) is 2. The van der Waals surface area contributed by atoms with Gasteiger partial charge in [-0.3, -0.25) is 0 Å². The van der Waals surface area contributed by atoms with E-state index in [0.29, 0.717) is 0 Å². The second kappa shape index (κ2) is 10.3. The van der Waals surface area contributed by atoms with Crippen LogP contribution in [0, 0.1) is 20.8 Å². The van der Waals surface area contributed by atoms with Crippen molar-refractivity contribution in [3.63, 3.8) is 0 Å². The molecule has 0 N–H and O–H groups in total. The monoisotopic (exact) mass is 544 g/mol. The zero-order valence-corrected chi connectivity index (χ0v) is 22.9. The van der Waals surface area contributed by atoms with Gasteiger partial charge in [-0.1, -0.05) is 97.1 Å². The van der Waals surface area contributed by atoms with Crippen molar-refractivity contribution >= 4 is 10.8 Å². The van der Waals surface area contributed by atoms with Crippen molar-refractivity contribution in [3.05, 3.63) is 132 Å². The van der Waals surface area contributed by atoms with Gasteiger partial charge in [-0.15, -0.1) is 0 Å². The topological polar surface area (TPSA) is 25.8 Å². The molecule has 41 heavy (non-hydrogen) atoms. The first kappa shape index (κ1) is 26.5. The van der Waals surface area contributed by atoms with Gasteiger partial charge in [-0.05, 0) is 82.6 Å². The van der Waals surface area contributed by atoms with E-state index >= 15 is 0 Å². The van der Waals surface area contributed by atoms with Gasteiger partial charge in [0, 0.05) is 17.0 Å².